The molecule has 0 aliphatic heterocycles. The van der Waals surface area contributed by atoms with Gasteiger partial charge in [-0.1, -0.05) is 19.1 Å². The second-order valence-corrected chi connectivity index (χ2v) is 5.61. The summed E-state index contributed by atoms with van der Waals surface area (Å²) in [6.45, 7) is 3.75. The van der Waals surface area contributed by atoms with Crippen LogP contribution in [0, 0.1) is 0 Å². The zero-order valence-electron chi connectivity index (χ0n) is 15.0. The Morgan fingerprint density at radius 1 is 0.923 bits per heavy atom. The molecule has 136 valence electrons. The Labute approximate surface area is 152 Å². The van der Waals surface area contributed by atoms with E-state index in [2.05, 4.69) is 22.3 Å². The van der Waals surface area contributed by atoms with Gasteiger partial charge in [0.15, 0.2) is 0 Å². The summed E-state index contributed by atoms with van der Waals surface area (Å²) >= 11 is 0. The van der Waals surface area contributed by atoms with Crippen molar-refractivity contribution in [2.45, 2.75) is 19.9 Å². The van der Waals surface area contributed by atoms with Crippen LogP contribution >= 0.6 is 0 Å². The number of tetrazole rings is 1. The van der Waals surface area contributed by atoms with Crippen molar-refractivity contribution in [2.75, 3.05) is 20.3 Å². The normalized spacial score (nSPS) is 10.5. The maximum absolute atomic E-state index is 5.72. The van der Waals surface area contributed by atoms with Crippen molar-refractivity contribution in [3.8, 4) is 28.6 Å². The summed E-state index contributed by atoms with van der Waals surface area (Å²) in [4.78, 5) is 1.52. The van der Waals surface area contributed by atoms with Crippen LogP contribution in [0.2, 0.25) is 0 Å². The molecule has 0 fully saturated rings. The van der Waals surface area contributed by atoms with E-state index in [0.29, 0.717) is 25.6 Å². The summed E-state index contributed by atoms with van der Waals surface area (Å²) < 4.78 is 16.5. The molecule has 0 N–H and O–H groups in total. The summed E-state index contributed by atoms with van der Waals surface area (Å²) in [7, 11) is 1.63. The fourth-order valence-electron chi connectivity index (χ4n) is 2.31. The Morgan fingerprint density at radius 3 is 2.35 bits per heavy atom. The van der Waals surface area contributed by atoms with E-state index in [1.807, 2.05) is 48.5 Å². The Kier molecular flexibility index (Phi) is 6.03. The quantitative estimate of drug-likeness (QED) is 0.587. The highest BCUT2D eigenvalue weighted by Crippen LogP contribution is 2.20. The lowest BCUT2D eigenvalue weighted by Gasteiger charge is -2.07. The first kappa shape index (κ1) is 17.7. The fraction of sp³-hybridized carbons (Fsp3) is 0.316. The zero-order valence-corrected chi connectivity index (χ0v) is 15.0. The molecule has 7 heteroatoms. The van der Waals surface area contributed by atoms with E-state index in [4.69, 9.17) is 14.2 Å². The maximum atomic E-state index is 5.72. The van der Waals surface area contributed by atoms with Crippen molar-refractivity contribution in [1.29, 1.82) is 0 Å². The standard InChI is InChI=1S/C19H22N4O3/c1-3-12-25-16-7-9-17(10-8-16)26-13-11-23-21-19(20-22-23)15-5-4-6-18(14-15)24-2/h4-10,14H,3,11-13H2,1-2H3. The van der Waals surface area contributed by atoms with Gasteiger partial charge in [-0.2, -0.15) is 4.80 Å². The van der Waals surface area contributed by atoms with E-state index >= 15 is 0 Å². The number of nitrogens with zero attached hydrogens (tertiary/aromatic N) is 4. The topological polar surface area (TPSA) is 71.3 Å². The first-order chi connectivity index (χ1) is 12.8. The summed E-state index contributed by atoms with van der Waals surface area (Å²) in [5, 5.41) is 12.5. The molecule has 1 aromatic heterocycles. The molecule has 0 unspecified atom stereocenters. The largest absolute Gasteiger partial charge is 0.497 e. The van der Waals surface area contributed by atoms with Crippen molar-refractivity contribution in [3.05, 3.63) is 48.5 Å². The number of rotatable bonds is 9. The third-order valence-corrected chi connectivity index (χ3v) is 3.64. The Bertz CT molecular complexity index is 818. The van der Waals surface area contributed by atoms with Gasteiger partial charge < -0.3 is 14.2 Å². The molecule has 3 aromatic rings. The number of hydrogen-bond donors (Lipinski definition) is 0. The minimum atomic E-state index is 0.447. The lowest BCUT2D eigenvalue weighted by atomic mass is 10.2. The van der Waals surface area contributed by atoms with Gasteiger partial charge in [-0.3, -0.25) is 0 Å². The van der Waals surface area contributed by atoms with Crippen LogP contribution in [0.4, 0.5) is 0 Å². The van der Waals surface area contributed by atoms with Crippen LogP contribution < -0.4 is 14.2 Å². The van der Waals surface area contributed by atoms with Crippen LogP contribution in [-0.2, 0) is 6.54 Å². The smallest absolute Gasteiger partial charge is 0.205 e. The molecule has 26 heavy (non-hydrogen) atoms. The van der Waals surface area contributed by atoms with Crippen molar-refractivity contribution in [2.24, 2.45) is 0 Å². The monoisotopic (exact) mass is 354 g/mol. The number of hydrogen-bond acceptors (Lipinski definition) is 6. The molecule has 0 aliphatic carbocycles. The molecule has 0 amide bonds. The molecule has 2 aromatic carbocycles. The van der Waals surface area contributed by atoms with Crippen LogP contribution in [0.3, 0.4) is 0 Å². The molecule has 7 nitrogen and oxygen atoms in total. The predicted octanol–water partition coefficient (Wildman–Crippen LogP) is 3.22. The predicted molar refractivity (Wildman–Crippen MR) is 97.5 cm³/mol. The third-order valence-electron chi connectivity index (χ3n) is 3.64. The van der Waals surface area contributed by atoms with Crippen molar-refractivity contribution in [3.63, 3.8) is 0 Å². The highest BCUT2D eigenvalue weighted by molar-refractivity contribution is 5.56. The summed E-state index contributed by atoms with van der Waals surface area (Å²) in [5.74, 6) is 2.94. The molecule has 0 spiro atoms. The Hall–Kier alpha value is -3.09. The van der Waals surface area contributed by atoms with E-state index in [0.717, 1.165) is 29.2 Å². The second kappa shape index (κ2) is 8.84. The van der Waals surface area contributed by atoms with Crippen LogP contribution in [0.25, 0.3) is 11.4 Å². The molecule has 0 radical (unpaired) electrons. The molecular formula is C19H22N4O3. The van der Waals surface area contributed by atoms with Gasteiger partial charge in [-0.05, 0) is 48.0 Å². The first-order valence-electron chi connectivity index (χ1n) is 8.56. The molecular weight excluding hydrogens is 332 g/mol. The van der Waals surface area contributed by atoms with Crippen LogP contribution in [0.5, 0.6) is 17.2 Å². The van der Waals surface area contributed by atoms with Gasteiger partial charge in [0.1, 0.15) is 23.9 Å². The number of benzene rings is 2. The van der Waals surface area contributed by atoms with Gasteiger partial charge >= 0.3 is 0 Å². The summed E-state index contributed by atoms with van der Waals surface area (Å²) in [6.07, 6.45) is 0.987. The summed E-state index contributed by atoms with van der Waals surface area (Å²) in [6, 6.07) is 15.1. The van der Waals surface area contributed by atoms with Gasteiger partial charge in [0, 0.05) is 5.56 Å². The van der Waals surface area contributed by atoms with Crippen molar-refractivity contribution < 1.29 is 14.2 Å². The Morgan fingerprint density at radius 2 is 1.65 bits per heavy atom. The number of ether oxygens (including phenoxy) is 3. The van der Waals surface area contributed by atoms with Gasteiger partial charge in [-0.15, -0.1) is 10.2 Å². The van der Waals surface area contributed by atoms with E-state index in [9.17, 15) is 0 Å². The average molecular weight is 354 g/mol. The van der Waals surface area contributed by atoms with Crippen LogP contribution in [0.1, 0.15) is 13.3 Å². The van der Waals surface area contributed by atoms with Gasteiger partial charge in [0.05, 0.1) is 20.3 Å². The highest BCUT2D eigenvalue weighted by atomic mass is 16.5. The van der Waals surface area contributed by atoms with E-state index in [1.54, 1.807) is 7.11 Å². The third kappa shape index (κ3) is 4.72. The van der Waals surface area contributed by atoms with Gasteiger partial charge in [0.25, 0.3) is 0 Å². The molecule has 0 bridgehead atoms. The molecule has 0 atom stereocenters. The van der Waals surface area contributed by atoms with E-state index in [-0.39, 0.29) is 0 Å². The zero-order chi connectivity index (χ0) is 18.2. The number of methoxy groups -OCH3 is 1. The molecule has 1 heterocycles. The van der Waals surface area contributed by atoms with Crippen LogP contribution in [0.15, 0.2) is 48.5 Å². The maximum Gasteiger partial charge on any atom is 0.205 e. The van der Waals surface area contributed by atoms with Crippen LogP contribution in [-0.4, -0.2) is 40.5 Å². The van der Waals surface area contributed by atoms with Gasteiger partial charge in [-0.25, -0.2) is 0 Å². The molecule has 3 rings (SSSR count). The number of aromatic nitrogens is 4. The second-order valence-electron chi connectivity index (χ2n) is 5.61. The average Bonchev–Trinajstić information content (AvgIpc) is 3.16. The lowest BCUT2D eigenvalue weighted by Crippen LogP contribution is -2.11. The van der Waals surface area contributed by atoms with E-state index in [1.165, 1.54) is 4.80 Å². The first-order valence-corrected chi connectivity index (χ1v) is 8.56. The molecule has 0 aliphatic rings. The van der Waals surface area contributed by atoms with E-state index < -0.39 is 0 Å². The minimum Gasteiger partial charge on any atom is -0.497 e. The molecule has 0 saturated carbocycles. The van der Waals surface area contributed by atoms with Crippen molar-refractivity contribution >= 4 is 0 Å². The highest BCUT2D eigenvalue weighted by Gasteiger charge is 2.07. The van der Waals surface area contributed by atoms with Crippen molar-refractivity contribution in [1.82, 2.24) is 20.2 Å². The lowest BCUT2D eigenvalue weighted by molar-refractivity contribution is 0.279. The minimum absolute atomic E-state index is 0.447. The van der Waals surface area contributed by atoms with Gasteiger partial charge in [0.2, 0.25) is 5.82 Å². The summed E-state index contributed by atoms with van der Waals surface area (Å²) in [5.41, 5.74) is 0.860. The SMILES string of the molecule is CCCOc1ccc(OCCn2nnc(-c3cccc(OC)c3)n2)cc1. The fourth-order valence-corrected chi connectivity index (χ4v) is 2.31. The molecule has 0 saturated heterocycles. The Balaban J connectivity index is 1.52.